The molecule has 0 aliphatic heterocycles. The maximum absolute atomic E-state index is 11.3. The highest BCUT2D eigenvalue weighted by Crippen LogP contribution is 2.16. The van der Waals surface area contributed by atoms with Crippen LogP contribution in [0.1, 0.15) is 46.5 Å². The van der Waals surface area contributed by atoms with Crippen LogP contribution >= 0.6 is 0 Å². The number of aliphatic hydroxyl groups excluding tert-OH is 1. The first-order valence-corrected chi connectivity index (χ1v) is 5.87. The van der Waals surface area contributed by atoms with Gasteiger partial charge in [0.05, 0.1) is 11.8 Å². The number of aliphatic hydroxyl groups is 2. The topological polar surface area (TPSA) is 93.1 Å². The van der Waals surface area contributed by atoms with Crippen molar-refractivity contribution in [2.75, 3.05) is 0 Å². The Kier molecular flexibility index (Phi) is 7.04. The molecule has 0 aliphatic carbocycles. The summed E-state index contributed by atoms with van der Waals surface area (Å²) in [5, 5.41) is 18.9. The summed E-state index contributed by atoms with van der Waals surface area (Å²) >= 11 is 0. The van der Waals surface area contributed by atoms with Crippen LogP contribution in [-0.4, -0.2) is 28.1 Å². The van der Waals surface area contributed by atoms with Crippen molar-refractivity contribution in [2.45, 2.75) is 52.4 Å². The van der Waals surface area contributed by atoms with Crippen LogP contribution in [0.15, 0.2) is 11.8 Å². The molecule has 18 heavy (non-hydrogen) atoms. The van der Waals surface area contributed by atoms with Crippen molar-refractivity contribution in [2.24, 2.45) is 0 Å². The minimum absolute atomic E-state index is 0.0754. The van der Waals surface area contributed by atoms with Gasteiger partial charge in [0.1, 0.15) is 0 Å². The Balaban J connectivity index is 4.78. The molecule has 0 aliphatic rings. The largest absolute Gasteiger partial charge is 0.513 e. The Morgan fingerprint density at radius 3 is 1.78 bits per heavy atom. The van der Waals surface area contributed by atoms with Crippen molar-refractivity contribution in [3.05, 3.63) is 11.8 Å². The number of allylic oxidation sites excluding steroid dienone is 1. The predicted octanol–water partition coefficient (Wildman–Crippen LogP) is 1.78. The van der Waals surface area contributed by atoms with E-state index < -0.39 is 17.9 Å². The fraction of sp³-hybridized carbons (Fsp3) is 0.667. The van der Waals surface area contributed by atoms with Gasteiger partial charge in [0.2, 0.25) is 0 Å². The monoisotopic (exact) mass is 260 g/mol. The molecule has 2 N–H and O–H groups in total. The number of hydrogen-bond acceptors (Lipinski definition) is 6. The maximum atomic E-state index is 11.3. The predicted molar refractivity (Wildman–Crippen MR) is 63.3 cm³/mol. The van der Waals surface area contributed by atoms with Crippen LogP contribution < -0.4 is 0 Å². The summed E-state index contributed by atoms with van der Waals surface area (Å²) in [5.74, 6) is -4.31. The Morgan fingerprint density at radius 2 is 1.50 bits per heavy atom. The van der Waals surface area contributed by atoms with Gasteiger partial charge in [-0.05, 0) is 19.8 Å². The SMILES string of the molecule is CCCC(=O)OC(O)(/C=C(\C)O)OC(=O)CCC. The van der Waals surface area contributed by atoms with Crippen LogP contribution in [0.5, 0.6) is 0 Å². The van der Waals surface area contributed by atoms with E-state index in [1.165, 1.54) is 6.92 Å². The van der Waals surface area contributed by atoms with Gasteiger partial charge in [-0.15, -0.1) is 0 Å². The second-order valence-corrected chi connectivity index (χ2v) is 3.86. The standard InChI is InChI=1S/C12H20O6/c1-4-6-10(14)17-12(16,8-9(3)13)18-11(15)7-5-2/h8,13,16H,4-7H2,1-3H3/b9-8+. The fourth-order valence-electron chi connectivity index (χ4n) is 1.18. The van der Waals surface area contributed by atoms with E-state index in [1.54, 1.807) is 13.8 Å². The summed E-state index contributed by atoms with van der Waals surface area (Å²) in [4.78, 5) is 22.6. The van der Waals surface area contributed by atoms with Crippen molar-refractivity contribution >= 4 is 11.9 Å². The highest BCUT2D eigenvalue weighted by molar-refractivity contribution is 5.72. The third-order valence-corrected chi connectivity index (χ3v) is 1.82. The van der Waals surface area contributed by atoms with Gasteiger partial charge in [-0.3, -0.25) is 9.59 Å². The number of hydrogen-bond donors (Lipinski definition) is 2. The zero-order chi connectivity index (χ0) is 14.2. The second kappa shape index (κ2) is 7.71. The van der Waals surface area contributed by atoms with Crippen LogP contribution in [0.2, 0.25) is 0 Å². The number of esters is 2. The van der Waals surface area contributed by atoms with Gasteiger partial charge >= 0.3 is 17.9 Å². The Hall–Kier alpha value is -1.56. The molecule has 104 valence electrons. The molecule has 0 unspecified atom stereocenters. The molecule has 0 spiro atoms. The summed E-state index contributed by atoms with van der Waals surface area (Å²) in [6, 6.07) is 0. The first-order valence-electron chi connectivity index (χ1n) is 5.87. The average molecular weight is 260 g/mol. The Labute approximate surface area is 106 Å². The molecule has 0 rings (SSSR count). The third kappa shape index (κ3) is 6.90. The third-order valence-electron chi connectivity index (χ3n) is 1.82. The summed E-state index contributed by atoms with van der Waals surface area (Å²) < 4.78 is 9.29. The van der Waals surface area contributed by atoms with E-state index in [2.05, 4.69) is 9.47 Å². The van der Waals surface area contributed by atoms with Crippen molar-refractivity contribution in [1.29, 1.82) is 0 Å². The first kappa shape index (κ1) is 16.4. The molecule has 0 heterocycles. The highest BCUT2D eigenvalue weighted by atomic mass is 16.8. The van der Waals surface area contributed by atoms with Crippen molar-refractivity contribution in [3.63, 3.8) is 0 Å². The molecule has 0 aromatic carbocycles. The zero-order valence-electron chi connectivity index (χ0n) is 10.9. The zero-order valence-corrected chi connectivity index (χ0v) is 10.9. The van der Waals surface area contributed by atoms with Crippen LogP contribution in [-0.2, 0) is 19.1 Å². The summed E-state index contributed by atoms with van der Waals surface area (Å²) in [6.07, 6.45) is 1.96. The van der Waals surface area contributed by atoms with E-state index in [9.17, 15) is 14.7 Å². The average Bonchev–Trinajstić information content (AvgIpc) is 2.14. The lowest BCUT2D eigenvalue weighted by Gasteiger charge is -2.23. The molecule has 6 heteroatoms. The van der Waals surface area contributed by atoms with Crippen LogP contribution in [0.25, 0.3) is 0 Å². The van der Waals surface area contributed by atoms with Gasteiger partial charge in [-0.2, -0.15) is 0 Å². The summed E-state index contributed by atoms with van der Waals surface area (Å²) in [5.41, 5.74) is 0. The molecule has 0 atom stereocenters. The minimum Gasteiger partial charge on any atom is -0.513 e. The Morgan fingerprint density at radius 1 is 1.11 bits per heavy atom. The van der Waals surface area contributed by atoms with Crippen molar-refractivity contribution < 1.29 is 29.3 Å². The van der Waals surface area contributed by atoms with Gasteiger partial charge in [-0.1, -0.05) is 13.8 Å². The van der Waals surface area contributed by atoms with Crippen molar-refractivity contribution in [3.8, 4) is 0 Å². The van der Waals surface area contributed by atoms with E-state index in [0.29, 0.717) is 12.8 Å². The Bertz CT molecular complexity index is 297. The molecule has 0 bridgehead atoms. The first-order chi connectivity index (χ1) is 8.33. The minimum atomic E-state index is -2.54. The maximum Gasteiger partial charge on any atom is 0.399 e. The van der Waals surface area contributed by atoms with E-state index in [0.717, 1.165) is 6.08 Å². The lowest BCUT2D eigenvalue weighted by Crippen LogP contribution is -2.38. The van der Waals surface area contributed by atoms with E-state index in [-0.39, 0.29) is 18.6 Å². The van der Waals surface area contributed by atoms with E-state index in [1.807, 2.05) is 0 Å². The molecule has 0 radical (unpaired) electrons. The van der Waals surface area contributed by atoms with Crippen LogP contribution in [0.3, 0.4) is 0 Å². The molecule has 6 nitrogen and oxygen atoms in total. The molecule has 0 saturated heterocycles. The molecule has 0 aromatic heterocycles. The molecular formula is C12H20O6. The second-order valence-electron chi connectivity index (χ2n) is 3.86. The number of carbonyl (C=O) groups excluding carboxylic acids is 2. The number of carbonyl (C=O) groups is 2. The fourth-order valence-corrected chi connectivity index (χ4v) is 1.18. The number of ether oxygens (including phenoxy) is 2. The van der Waals surface area contributed by atoms with Gasteiger partial charge in [0, 0.05) is 12.8 Å². The lowest BCUT2D eigenvalue weighted by atomic mass is 10.3. The normalized spacial score (nSPS) is 12.1. The van der Waals surface area contributed by atoms with Gasteiger partial charge in [-0.25, -0.2) is 0 Å². The van der Waals surface area contributed by atoms with Crippen LogP contribution in [0.4, 0.5) is 0 Å². The molecule has 0 fully saturated rings. The van der Waals surface area contributed by atoms with Gasteiger partial charge < -0.3 is 19.7 Å². The van der Waals surface area contributed by atoms with Gasteiger partial charge in [0.15, 0.2) is 0 Å². The molecule has 0 amide bonds. The molecule has 0 aromatic rings. The van der Waals surface area contributed by atoms with Gasteiger partial charge in [0.25, 0.3) is 0 Å². The smallest absolute Gasteiger partial charge is 0.399 e. The van der Waals surface area contributed by atoms with Crippen LogP contribution in [0, 0.1) is 0 Å². The molecular weight excluding hydrogens is 240 g/mol. The summed E-state index contributed by atoms with van der Waals surface area (Å²) in [6.45, 7) is 4.78. The molecule has 0 saturated carbocycles. The van der Waals surface area contributed by atoms with Crippen molar-refractivity contribution in [1.82, 2.24) is 0 Å². The van der Waals surface area contributed by atoms with E-state index >= 15 is 0 Å². The summed E-state index contributed by atoms with van der Waals surface area (Å²) in [7, 11) is 0. The number of rotatable bonds is 7. The highest BCUT2D eigenvalue weighted by Gasteiger charge is 2.34. The quantitative estimate of drug-likeness (QED) is 0.412. The lowest BCUT2D eigenvalue weighted by molar-refractivity contribution is -0.297. The van der Waals surface area contributed by atoms with E-state index in [4.69, 9.17) is 5.11 Å².